The van der Waals surface area contributed by atoms with E-state index in [1.165, 1.54) is 7.11 Å². The minimum absolute atomic E-state index is 0.234. The predicted octanol–water partition coefficient (Wildman–Crippen LogP) is 1.27. The van der Waals surface area contributed by atoms with E-state index in [1.54, 1.807) is 7.05 Å². The van der Waals surface area contributed by atoms with Gasteiger partial charge in [-0.25, -0.2) is 0 Å². The van der Waals surface area contributed by atoms with Gasteiger partial charge in [0.25, 0.3) is 0 Å². The Bertz CT molecular complexity index is 341. The number of para-hydroxylation sites is 1. The summed E-state index contributed by atoms with van der Waals surface area (Å²) in [5.41, 5.74) is 1.11. The lowest BCUT2D eigenvalue weighted by Gasteiger charge is -2.26. The Morgan fingerprint density at radius 1 is 1.41 bits per heavy atom. The van der Waals surface area contributed by atoms with E-state index in [4.69, 9.17) is 4.74 Å². The van der Waals surface area contributed by atoms with Crippen molar-refractivity contribution in [3.63, 3.8) is 0 Å². The van der Waals surface area contributed by atoms with Gasteiger partial charge in [0.1, 0.15) is 6.04 Å². The Kier molecular flexibility index (Phi) is 5.49. The van der Waals surface area contributed by atoms with Crippen LogP contribution < -0.4 is 10.2 Å². The highest BCUT2D eigenvalue weighted by Gasteiger charge is 2.19. The van der Waals surface area contributed by atoms with Gasteiger partial charge in [-0.15, -0.1) is 0 Å². The monoisotopic (exact) mass is 236 g/mol. The van der Waals surface area contributed by atoms with Gasteiger partial charge in [0.15, 0.2) is 0 Å². The fraction of sp³-hybridized carbons (Fsp3) is 0.462. The number of nitrogens with zero attached hydrogens (tertiary/aromatic N) is 1. The van der Waals surface area contributed by atoms with Crippen molar-refractivity contribution in [3.05, 3.63) is 30.3 Å². The van der Waals surface area contributed by atoms with Crippen LogP contribution in [0.15, 0.2) is 30.3 Å². The normalized spacial score (nSPS) is 11.9. The second-order valence-corrected chi connectivity index (χ2v) is 3.74. The van der Waals surface area contributed by atoms with Gasteiger partial charge in [-0.2, -0.15) is 0 Å². The summed E-state index contributed by atoms with van der Waals surface area (Å²) in [7, 11) is 3.17. The Morgan fingerprint density at radius 3 is 2.53 bits per heavy atom. The van der Waals surface area contributed by atoms with Gasteiger partial charge >= 0.3 is 5.97 Å². The third-order valence-corrected chi connectivity index (χ3v) is 2.74. The topological polar surface area (TPSA) is 41.6 Å². The van der Waals surface area contributed by atoms with E-state index in [-0.39, 0.29) is 12.0 Å². The van der Waals surface area contributed by atoms with Crippen LogP contribution in [0.3, 0.4) is 0 Å². The molecule has 94 valence electrons. The zero-order valence-electron chi connectivity index (χ0n) is 10.6. The number of carbonyl (C=O) groups excluding carboxylic acids is 1. The van der Waals surface area contributed by atoms with Crippen LogP contribution in [-0.4, -0.2) is 39.3 Å². The van der Waals surface area contributed by atoms with Crippen molar-refractivity contribution in [2.45, 2.75) is 13.0 Å². The average Bonchev–Trinajstić information content (AvgIpc) is 2.40. The summed E-state index contributed by atoms with van der Waals surface area (Å²) in [6.45, 7) is 3.51. The summed E-state index contributed by atoms with van der Waals surface area (Å²) >= 11 is 0. The molecule has 0 radical (unpaired) electrons. The molecule has 4 nitrogen and oxygen atoms in total. The van der Waals surface area contributed by atoms with Crippen molar-refractivity contribution in [2.24, 2.45) is 0 Å². The molecule has 1 aromatic carbocycles. The number of carbonyl (C=O) groups is 1. The summed E-state index contributed by atoms with van der Waals surface area (Å²) in [4.78, 5) is 13.7. The number of likely N-dealkylation sites (N-methyl/N-ethyl adjacent to an activating group) is 2. The van der Waals surface area contributed by atoms with Crippen molar-refractivity contribution >= 4 is 11.7 Å². The highest BCUT2D eigenvalue weighted by atomic mass is 16.5. The molecule has 0 amide bonds. The molecule has 0 aromatic heterocycles. The summed E-state index contributed by atoms with van der Waals surface area (Å²) in [6.07, 6.45) is 0. The molecule has 0 aliphatic rings. The van der Waals surface area contributed by atoms with E-state index in [1.807, 2.05) is 30.3 Å². The number of hydrogen-bond acceptors (Lipinski definition) is 4. The van der Waals surface area contributed by atoms with Crippen molar-refractivity contribution in [1.29, 1.82) is 0 Å². The fourth-order valence-electron chi connectivity index (χ4n) is 1.70. The lowest BCUT2D eigenvalue weighted by atomic mass is 10.2. The second kappa shape index (κ2) is 6.91. The third-order valence-electron chi connectivity index (χ3n) is 2.74. The molecule has 0 saturated heterocycles. The van der Waals surface area contributed by atoms with E-state index in [9.17, 15) is 4.79 Å². The highest BCUT2D eigenvalue weighted by molar-refractivity contribution is 5.76. The number of nitrogens with one attached hydrogen (secondary N) is 1. The first-order valence-electron chi connectivity index (χ1n) is 5.78. The molecule has 1 rings (SSSR count). The van der Waals surface area contributed by atoms with Crippen LogP contribution in [0.4, 0.5) is 5.69 Å². The summed E-state index contributed by atoms with van der Waals surface area (Å²) in [6, 6.07) is 9.73. The van der Waals surface area contributed by atoms with Crippen molar-refractivity contribution in [2.75, 3.05) is 32.1 Å². The minimum Gasteiger partial charge on any atom is -0.468 e. The predicted molar refractivity (Wildman–Crippen MR) is 69.2 cm³/mol. The van der Waals surface area contributed by atoms with Gasteiger partial charge in [0, 0.05) is 18.8 Å². The number of methoxy groups -OCH3 is 1. The smallest absolute Gasteiger partial charge is 0.324 e. The molecule has 0 aliphatic carbocycles. The lowest BCUT2D eigenvalue weighted by molar-refractivity contribution is -0.142. The molecule has 0 fully saturated rings. The van der Waals surface area contributed by atoms with Gasteiger partial charge in [-0.1, -0.05) is 18.2 Å². The molecule has 17 heavy (non-hydrogen) atoms. The SMILES string of the molecule is CCN(CC(NC)C(=O)OC)c1ccccc1. The standard InChI is InChI=1S/C13H20N2O2/c1-4-15(11-8-6-5-7-9-11)10-12(14-2)13(16)17-3/h5-9,12,14H,4,10H2,1-3H3. The van der Waals surface area contributed by atoms with Crippen molar-refractivity contribution < 1.29 is 9.53 Å². The molecule has 1 aromatic rings. The summed E-state index contributed by atoms with van der Waals surface area (Å²) in [5, 5.41) is 2.97. The van der Waals surface area contributed by atoms with Gasteiger partial charge in [-0.05, 0) is 26.1 Å². The molecule has 0 bridgehead atoms. The van der Waals surface area contributed by atoms with Crippen LogP contribution in [0, 0.1) is 0 Å². The van der Waals surface area contributed by atoms with E-state index < -0.39 is 0 Å². The van der Waals surface area contributed by atoms with E-state index in [2.05, 4.69) is 17.1 Å². The van der Waals surface area contributed by atoms with Crippen LogP contribution in [0.25, 0.3) is 0 Å². The number of benzene rings is 1. The minimum atomic E-state index is -0.305. The molecule has 0 spiro atoms. The fourth-order valence-corrected chi connectivity index (χ4v) is 1.70. The van der Waals surface area contributed by atoms with Gasteiger partial charge < -0.3 is 15.0 Å². The number of anilines is 1. The van der Waals surface area contributed by atoms with Gasteiger partial charge in [-0.3, -0.25) is 4.79 Å². The van der Waals surface area contributed by atoms with Crippen LogP contribution in [0.2, 0.25) is 0 Å². The molecule has 0 heterocycles. The quantitative estimate of drug-likeness (QED) is 0.755. The van der Waals surface area contributed by atoms with Gasteiger partial charge in [0.05, 0.1) is 7.11 Å². The molecule has 0 aliphatic heterocycles. The Balaban J connectivity index is 2.72. The zero-order chi connectivity index (χ0) is 12.7. The van der Waals surface area contributed by atoms with E-state index >= 15 is 0 Å². The maximum Gasteiger partial charge on any atom is 0.324 e. The first-order valence-corrected chi connectivity index (χ1v) is 5.78. The van der Waals surface area contributed by atoms with Crippen molar-refractivity contribution in [1.82, 2.24) is 5.32 Å². The molecule has 1 N–H and O–H groups in total. The summed E-state index contributed by atoms with van der Waals surface area (Å²) in [5.74, 6) is -0.234. The number of rotatable bonds is 6. The Hall–Kier alpha value is -1.55. The average molecular weight is 236 g/mol. The third kappa shape index (κ3) is 3.75. The van der Waals surface area contributed by atoms with Gasteiger partial charge in [0.2, 0.25) is 0 Å². The highest BCUT2D eigenvalue weighted by Crippen LogP contribution is 2.13. The number of hydrogen-bond donors (Lipinski definition) is 1. The molecule has 4 heteroatoms. The van der Waals surface area contributed by atoms with E-state index in [0.717, 1.165) is 12.2 Å². The maximum atomic E-state index is 11.5. The molecular formula is C13H20N2O2. The van der Waals surface area contributed by atoms with Crippen LogP contribution in [0.1, 0.15) is 6.92 Å². The van der Waals surface area contributed by atoms with Crippen LogP contribution >= 0.6 is 0 Å². The zero-order valence-corrected chi connectivity index (χ0v) is 10.6. The first kappa shape index (κ1) is 13.5. The first-order chi connectivity index (χ1) is 8.22. The molecule has 0 saturated carbocycles. The van der Waals surface area contributed by atoms with Crippen molar-refractivity contribution in [3.8, 4) is 0 Å². The van der Waals surface area contributed by atoms with Crippen LogP contribution in [0.5, 0.6) is 0 Å². The largest absolute Gasteiger partial charge is 0.468 e. The Morgan fingerprint density at radius 2 is 2.06 bits per heavy atom. The molecular weight excluding hydrogens is 216 g/mol. The second-order valence-electron chi connectivity index (χ2n) is 3.74. The Labute approximate surface area is 103 Å². The van der Waals surface area contributed by atoms with Crippen LogP contribution in [-0.2, 0) is 9.53 Å². The number of esters is 1. The number of ether oxygens (including phenoxy) is 1. The molecule has 1 unspecified atom stereocenters. The maximum absolute atomic E-state index is 11.5. The summed E-state index contributed by atoms with van der Waals surface area (Å²) < 4.78 is 4.76. The lowest BCUT2D eigenvalue weighted by Crippen LogP contribution is -2.45. The van der Waals surface area contributed by atoms with E-state index in [0.29, 0.717) is 6.54 Å². The molecule has 1 atom stereocenters.